The molecule has 1 aliphatic heterocycles. The smallest absolute Gasteiger partial charge is 0.305 e. The van der Waals surface area contributed by atoms with Gasteiger partial charge in [0.05, 0.1) is 33.0 Å². The summed E-state index contributed by atoms with van der Waals surface area (Å²) in [5.41, 5.74) is 3.45. The number of thiocarbonyl (C=S) groups is 1. The van der Waals surface area contributed by atoms with E-state index in [0.717, 1.165) is 54.8 Å². The molecular weight excluding hydrogens is 586 g/mol. The SMILES string of the molecule is COC(=O)CCC=CCC[C@@H]1[C@@H](N2CCCCC2)[C@@H](OC(=S)n2ccnc2)C[C@@H]1OCc1ccc(-c2ccc(OC)cc2)cc1. The van der Waals surface area contributed by atoms with Gasteiger partial charge in [0.25, 0.3) is 5.17 Å². The van der Waals surface area contributed by atoms with Gasteiger partial charge in [0.1, 0.15) is 18.2 Å². The Balaban J connectivity index is 1.29. The molecule has 45 heavy (non-hydrogen) atoms. The number of piperidine rings is 1. The number of hydrogen-bond acceptors (Lipinski definition) is 8. The highest BCUT2D eigenvalue weighted by Crippen LogP contribution is 2.39. The van der Waals surface area contributed by atoms with E-state index in [9.17, 15) is 4.79 Å². The van der Waals surface area contributed by atoms with Gasteiger partial charge >= 0.3 is 5.97 Å². The van der Waals surface area contributed by atoms with Crippen molar-refractivity contribution in [2.75, 3.05) is 27.3 Å². The fraction of sp³-hybridized carbons (Fsp3) is 0.472. The molecule has 0 bridgehead atoms. The third-order valence-corrected chi connectivity index (χ3v) is 9.27. The van der Waals surface area contributed by atoms with Gasteiger partial charge in [0, 0.05) is 31.2 Å². The standard InChI is InChI=1S/C36H45N3O5S/c1-41-30-18-16-29(17-19-30)28-14-12-27(13-15-28)25-43-32-24-33(44-36(45)39-23-20-37-26-39)35(38-21-8-5-9-22-38)31(32)10-6-3-4-7-11-34(40)42-2/h3-4,12-20,23,26,31-33,35H,5-11,21-22,24-25H2,1-2H3/t31-,32-,33-,35+/m0/s1. The molecule has 0 amide bonds. The third kappa shape index (κ3) is 9.02. The lowest BCUT2D eigenvalue weighted by atomic mass is 9.92. The Bertz CT molecular complexity index is 1370. The summed E-state index contributed by atoms with van der Waals surface area (Å²) < 4.78 is 25.1. The molecule has 0 unspecified atom stereocenters. The highest BCUT2D eigenvalue weighted by atomic mass is 32.1. The average Bonchev–Trinajstić information content (AvgIpc) is 3.75. The lowest BCUT2D eigenvalue weighted by Gasteiger charge is -2.39. The van der Waals surface area contributed by atoms with Crippen molar-refractivity contribution in [2.45, 2.75) is 76.2 Å². The van der Waals surface area contributed by atoms with Gasteiger partial charge in [-0.25, -0.2) is 4.98 Å². The number of esters is 1. The first-order valence-corrected chi connectivity index (χ1v) is 16.5. The predicted octanol–water partition coefficient (Wildman–Crippen LogP) is 6.83. The molecule has 0 radical (unpaired) electrons. The molecule has 8 nitrogen and oxygen atoms in total. The molecule has 5 rings (SSSR count). The maximum atomic E-state index is 11.5. The van der Waals surface area contributed by atoms with Crippen LogP contribution in [0.5, 0.6) is 5.75 Å². The first-order valence-electron chi connectivity index (χ1n) is 16.1. The van der Waals surface area contributed by atoms with Crippen LogP contribution in [0.4, 0.5) is 0 Å². The Kier molecular flexibility index (Phi) is 12.2. The Labute approximate surface area is 272 Å². The van der Waals surface area contributed by atoms with Gasteiger partial charge in [-0.15, -0.1) is 0 Å². The van der Waals surface area contributed by atoms with Crippen molar-refractivity contribution in [3.63, 3.8) is 0 Å². The first-order chi connectivity index (χ1) is 22.1. The molecule has 9 heteroatoms. The molecule has 2 heterocycles. The molecule has 0 spiro atoms. The molecule has 1 saturated heterocycles. The number of carbonyl (C=O) groups excluding carboxylic acids is 1. The van der Waals surface area contributed by atoms with E-state index >= 15 is 0 Å². The molecule has 2 fully saturated rings. The Morgan fingerprint density at radius 3 is 2.33 bits per heavy atom. The zero-order chi connectivity index (χ0) is 31.4. The largest absolute Gasteiger partial charge is 0.497 e. The van der Waals surface area contributed by atoms with Gasteiger partial charge in [-0.1, -0.05) is 55.0 Å². The van der Waals surface area contributed by atoms with E-state index in [2.05, 4.69) is 58.4 Å². The molecular formula is C36H45N3O5S. The van der Waals surface area contributed by atoms with Gasteiger partial charge in [0.2, 0.25) is 0 Å². The zero-order valence-corrected chi connectivity index (χ0v) is 27.2. The van der Waals surface area contributed by atoms with Crippen molar-refractivity contribution >= 4 is 23.4 Å². The maximum absolute atomic E-state index is 11.5. The van der Waals surface area contributed by atoms with E-state index in [1.54, 1.807) is 24.2 Å². The molecule has 1 aliphatic carbocycles. The number of carbonyl (C=O) groups is 1. The second-order valence-electron chi connectivity index (χ2n) is 11.8. The lowest BCUT2D eigenvalue weighted by molar-refractivity contribution is -0.140. The summed E-state index contributed by atoms with van der Waals surface area (Å²) >= 11 is 5.70. The van der Waals surface area contributed by atoms with E-state index in [1.807, 2.05) is 18.3 Å². The van der Waals surface area contributed by atoms with Crippen molar-refractivity contribution in [1.82, 2.24) is 14.5 Å². The lowest BCUT2D eigenvalue weighted by Crippen LogP contribution is -2.49. The van der Waals surface area contributed by atoms with E-state index in [1.165, 1.54) is 26.4 Å². The fourth-order valence-electron chi connectivity index (χ4n) is 6.59. The van der Waals surface area contributed by atoms with Crippen molar-refractivity contribution in [2.24, 2.45) is 5.92 Å². The molecule has 3 aromatic rings. The Morgan fingerprint density at radius 1 is 0.956 bits per heavy atom. The number of ether oxygens (including phenoxy) is 4. The number of nitrogens with zero attached hydrogens (tertiary/aromatic N) is 3. The fourth-order valence-corrected chi connectivity index (χ4v) is 6.82. The monoisotopic (exact) mass is 631 g/mol. The second kappa shape index (κ2) is 16.7. The number of methoxy groups -OCH3 is 2. The van der Waals surface area contributed by atoms with Crippen molar-refractivity contribution in [1.29, 1.82) is 0 Å². The van der Waals surface area contributed by atoms with Gasteiger partial charge in [-0.2, -0.15) is 0 Å². The summed E-state index contributed by atoms with van der Waals surface area (Å²) in [5.74, 6) is 0.949. The van der Waals surface area contributed by atoms with Crippen LogP contribution in [-0.4, -0.2) is 71.2 Å². The first kappa shape index (κ1) is 32.9. The number of benzene rings is 2. The third-order valence-electron chi connectivity index (χ3n) is 8.96. The Morgan fingerprint density at radius 2 is 1.67 bits per heavy atom. The van der Waals surface area contributed by atoms with Crippen LogP contribution < -0.4 is 4.74 Å². The molecule has 2 aromatic carbocycles. The molecule has 1 aromatic heterocycles. The maximum Gasteiger partial charge on any atom is 0.305 e. The highest BCUT2D eigenvalue weighted by molar-refractivity contribution is 7.80. The number of hydrogen-bond donors (Lipinski definition) is 0. The van der Waals surface area contributed by atoms with Crippen LogP contribution in [-0.2, 0) is 25.6 Å². The summed E-state index contributed by atoms with van der Waals surface area (Å²) in [6, 6.07) is 16.9. The van der Waals surface area contributed by atoms with Crippen LogP contribution in [0.3, 0.4) is 0 Å². The number of allylic oxidation sites excluding steroid dienone is 2. The van der Waals surface area contributed by atoms with Gasteiger partial charge in [-0.05, 0) is 86.2 Å². The average molecular weight is 632 g/mol. The molecule has 2 aliphatic rings. The summed E-state index contributed by atoms with van der Waals surface area (Å²) in [6.45, 7) is 2.66. The van der Waals surface area contributed by atoms with Gasteiger partial charge in [-0.3, -0.25) is 14.3 Å². The van der Waals surface area contributed by atoms with Crippen molar-refractivity contribution in [3.8, 4) is 16.9 Å². The molecule has 0 N–H and O–H groups in total. The topological polar surface area (TPSA) is 75.0 Å². The Hall–Kier alpha value is -3.53. The molecule has 1 saturated carbocycles. The van der Waals surface area contributed by atoms with Gasteiger partial charge < -0.3 is 18.9 Å². The quantitative estimate of drug-likeness (QED) is 0.116. The van der Waals surface area contributed by atoms with Crippen LogP contribution >= 0.6 is 12.2 Å². The van der Waals surface area contributed by atoms with Crippen LogP contribution in [0.1, 0.15) is 56.9 Å². The minimum absolute atomic E-state index is 0.0252. The number of likely N-dealkylation sites (tertiary alicyclic amines) is 1. The van der Waals surface area contributed by atoms with Crippen LogP contribution in [0.25, 0.3) is 11.1 Å². The van der Waals surface area contributed by atoms with Crippen LogP contribution in [0, 0.1) is 5.92 Å². The summed E-state index contributed by atoms with van der Waals surface area (Å²) in [7, 11) is 3.11. The van der Waals surface area contributed by atoms with E-state index < -0.39 is 0 Å². The number of aromatic nitrogens is 2. The highest BCUT2D eigenvalue weighted by Gasteiger charge is 2.48. The van der Waals surface area contributed by atoms with Crippen molar-refractivity contribution in [3.05, 3.63) is 85.0 Å². The number of imidazole rings is 1. The summed E-state index contributed by atoms with van der Waals surface area (Å²) in [4.78, 5) is 18.3. The normalized spacial score (nSPS) is 22.0. The van der Waals surface area contributed by atoms with Gasteiger partial charge in [0.15, 0.2) is 0 Å². The van der Waals surface area contributed by atoms with Crippen molar-refractivity contribution < 1.29 is 23.7 Å². The van der Waals surface area contributed by atoms with E-state index in [0.29, 0.717) is 24.6 Å². The minimum atomic E-state index is -0.181. The summed E-state index contributed by atoms with van der Waals surface area (Å²) in [6.07, 6.45) is 16.9. The van der Waals surface area contributed by atoms with Crippen LogP contribution in [0.2, 0.25) is 0 Å². The molecule has 240 valence electrons. The van der Waals surface area contributed by atoms with E-state index in [-0.39, 0.29) is 30.1 Å². The second-order valence-corrected chi connectivity index (χ2v) is 12.2. The predicted molar refractivity (Wildman–Crippen MR) is 179 cm³/mol. The summed E-state index contributed by atoms with van der Waals surface area (Å²) in [5, 5.41) is 0.427. The van der Waals surface area contributed by atoms with Crippen LogP contribution in [0.15, 0.2) is 79.4 Å². The minimum Gasteiger partial charge on any atom is -0.497 e. The number of rotatable bonds is 13. The molecule has 4 atom stereocenters. The van der Waals surface area contributed by atoms with E-state index in [4.69, 9.17) is 31.2 Å². The zero-order valence-electron chi connectivity index (χ0n) is 26.4.